The first-order chi connectivity index (χ1) is 9.57. The van der Waals surface area contributed by atoms with Crippen molar-refractivity contribution in [1.82, 2.24) is 4.90 Å². The van der Waals surface area contributed by atoms with Crippen molar-refractivity contribution in [2.24, 2.45) is 5.41 Å². The van der Waals surface area contributed by atoms with Crippen LogP contribution in [0.3, 0.4) is 0 Å². The number of carboxylic acid groups (broad SMARTS) is 1. The second kappa shape index (κ2) is 6.07. The topological polar surface area (TPSA) is 57.6 Å². The van der Waals surface area contributed by atoms with Gasteiger partial charge in [0.05, 0.1) is 5.41 Å². The molecule has 0 aliphatic carbocycles. The van der Waals surface area contributed by atoms with Crippen LogP contribution in [0.2, 0.25) is 0 Å². The summed E-state index contributed by atoms with van der Waals surface area (Å²) in [4.78, 5) is 25.3. The van der Waals surface area contributed by atoms with Gasteiger partial charge < -0.3 is 10.0 Å². The molecule has 0 radical (unpaired) electrons. The Labute approximate surface area is 119 Å². The molecule has 1 N–H and O–H groups in total. The highest BCUT2D eigenvalue weighted by atomic mass is 16.4. The fraction of sp³-hybridized carbons (Fsp3) is 0.500. The third-order valence-electron chi connectivity index (χ3n) is 4.31. The fourth-order valence-electron chi connectivity index (χ4n) is 2.75. The minimum Gasteiger partial charge on any atom is -0.481 e. The van der Waals surface area contributed by atoms with Gasteiger partial charge in [0.1, 0.15) is 0 Å². The summed E-state index contributed by atoms with van der Waals surface area (Å²) >= 11 is 0. The molecule has 0 spiro atoms. The van der Waals surface area contributed by atoms with Gasteiger partial charge in [-0.05, 0) is 24.8 Å². The SMILES string of the molecule is CCC1(C(=O)O)CCN(C(=O)CCc2ccccc2)C1. The number of rotatable bonds is 5. The summed E-state index contributed by atoms with van der Waals surface area (Å²) in [6.45, 7) is 2.80. The predicted octanol–water partition coefficient (Wildman–Crippen LogP) is 2.33. The number of hydrogen-bond donors (Lipinski definition) is 1. The van der Waals surface area contributed by atoms with Crippen molar-refractivity contribution < 1.29 is 14.7 Å². The molecular weight excluding hydrogens is 254 g/mol. The van der Waals surface area contributed by atoms with E-state index in [9.17, 15) is 14.7 Å². The van der Waals surface area contributed by atoms with Gasteiger partial charge in [-0.1, -0.05) is 37.3 Å². The zero-order chi connectivity index (χ0) is 14.6. The van der Waals surface area contributed by atoms with Crippen LogP contribution in [0.5, 0.6) is 0 Å². The third kappa shape index (κ3) is 3.00. The molecule has 1 unspecified atom stereocenters. The smallest absolute Gasteiger partial charge is 0.311 e. The number of aryl methyl sites for hydroxylation is 1. The summed E-state index contributed by atoms with van der Waals surface area (Å²) in [6.07, 6.45) is 2.30. The quantitative estimate of drug-likeness (QED) is 0.897. The maximum Gasteiger partial charge on any atom is 0.311 e. The van der Waals surface area contributed by atoms with Gasteiger partial charge in [0.15, 0.2) is 0 Å². The molecule has 1 aromatic carbocycles. The standard InChI is InChI=1S/C16H21NO3/c1-2-16(15(19)20)10-11-17(12-16)14(18)9-8-13-6-4-3-5-7-13/h3-7H,2,8-12H2,1H3,(H,19,20). The summed E-state index contributed by atoms with van der Waals surface area (Å²) in [6, 6.07) is 9.88. The summed E-state index contributed by atoms with van der Waals surface area (Å²) in [5.41, 5.74) is 0.405. The molecule has 20 heavy (non-hydrogen) atoms. The Morgan fingerprint density at radius 2 is 2.00 bits per heavy atom. The van der Waals surface area contributed by atoms with E-state index in [1.165, 1.54) is 0 Å². The summed E-state index contributed by atoms with van der Waals surface area (Å²) in [7, 11) is 0. The highest BCUT2D eigenvalue weighted by Gasteiger charge is 2.44. The minimum absolute atomic E-state index is 0.0606. The first-order valence-corrected chi connectivity index (χ1v) is 7.12. The van der Waals surface area contributed by atoms with E-state index in [4.69, 9.17) is 0 Å². The highest BCUT2D eigenvalue weighted by molar-refractivity contribution is 5.80. The van der Waals surface area contributed by atoms with Crippen molar-refractivity contribution in [3.05, 3.63) is 35.9 Å². The van der Waals surface area contributed by atoms with Crippen LogP contribution < -0.4 is 0 Å². The van der Waals surface area contributed by atoms with Crippen LogP contribution >= 0.6 is 0 Å². The lowest BCUT2D eigenvalue weighted by Crippen LogP contribution is -2.36. The first kappa shape index (κ1) is 14.6. The maximum atomic E-state index is 12.2. The van der Waals surface area contributed by atoms with E-state index in [0.717, 1.165) is 5.56 Å². The average molecular weight is 275 g/mol. The number of benzene rings is 1. The van der Waals surface area contributed by atoms with Crippen LogP contribution in [0.15, 0.2) is 30.3 Å². The molecule has 1 amide bonds. The van der Waals surface area contributed by atoms with Crippen LogP contribution in [0, 0.1) is 5.41 Å². The van der Waals surface area contributed by atoms with Gasteiger partial charge in [0.2, 0.25) is 5.91 Å². The van der Waals surface area contributed by atoms with E-state index in [2.05, 4.69) is 0 Å². The predicted molar refractivity (Wildman–Crippen MR) is 76.3 cm³/mol. The number of amides is 1. The lowest BCUT2D eigenvalue weighted by molar-refractivity contribution is -0.148. The van der Waals surface area contributed by atoms with Crippen molar-refractivity contribution in [3.63, 3.8) is 0 Å². The van der Waals surface area contributed by atoms with Crippen LogP contribution in [-0.2, 0) is 16.0 Å². The molecule has 1 aromatic rings. The molecular formula is C16H21NO3. The Hall–Kier alpha value is -1.84. The van der Waals surface area contributed by atoms with Crippen molar-refractivity contribution in [1.29, 1.82) is 0 Å². The number of carboxylic acids is 1. The molecule has 1 saturated heterocycles. The minimum atomic E-state index is -0.779. The van der Waals surface area contributed by atoms with Crippen molar-refractivity contribution in [2.75, 3.05) is 13.1 Å². The lowest BCUT2D eigenvalue weighted by Gasteiger charge is -2.23. The van der Waals surface area contributed by atoms with Gasteiger partial charge in [-0.3, -0.25) is 9.59 Å². The van der Waals surface area contributed by atoms with Gasteiger partial charge in [0.25, 0.3) is 0 Å². The Morgan fingerprint density at radius 3 is 2.55 bits per heavy atom. The number of nitrogens with zero attached hydrogens (tertiary/aromatic N) is 1. The van der Waals surface area contributed by atoms with E-state index in [-0.39, 0.29) is 5.91 Å². The summed E-state index contributed by atoms with van der Waals surface area (Å²) in [5, 5.41) is 9.33. The molecule has 108 valence electrons. The van der Waals surface area contributed by atoms with Crippen LogP contribution in [0.25, 0.3) is 0 Å². The Morgan fingerprint density at radius 1 is 1.30 bits per heavy atom. The molecule has 0 aromatic heterocycles. The van der Waals surface area contributed by atoms with Gasteiger partial charge >= 0.3 is 5.97 Å². The number of likely N-dealkylation sites (tertiary alicyclic amines) is 1. The number of carbonyl (C=O) groups excluding carboxylic acids is 1. The van der Waals surface area contributed by atoms with E-state index in [1.54, 1.807) is 4.90 Å². The highest BCUT2D eigenvalue weighted by Crippen LogP contribution is 2.34. The van der Waals surface area contributed by atoms with Crippen LogP contribution in [0.1, 0.15) is 31.7 Å². The van der Waals surface area contributed by atoms with Gasteiger partial charge in [-0.15, -0.1) is 0 Å². The zero-order valence-corrected chi connectivity index (χ0v) is 11.8. The second-order valence-corrected chi connectivity index (χ2v) is 5.49. The van der Waals surface area contributed by atoms with E-state index in [0.29, 0.717) is 38.8 Å². The molecule has 0 saturated carbocycles. The number of aliphatic carboxylic acids is 1. The first-order valence-electron chi connectivity index (χ1n) is 7.12. The summed E-state index contributed by atoms with van der Waals surface area (Å²) < 4.78 is 0. The molecule has 1 aliphatic rings. The largest absolute Gasteiger partial charge is 0.481 e. The molecule has 4 heteroatoms. The normalized spacial score (nSPS) is 21.9. The molecule has 4 nitrogen and oxygen atoms in total. The zero-order valence-electron chi connectivity index (χ0n) is 11.8. The second-order valence-electron chi connectivity index (χ2n) is 5.49. The van der Waals surface area contributed by atoms with Crippen molar-refractivity contribution in [2.45, 2.75) is 32.6 Å². The molecule has 1 atom stereocenters. The fourth-order valence-corrected chi connectivity index (χ4v) is 2.75. The lowest BCUT2D eigenvalue weighted by atomic mass is 9.84. The molecule has 1 heterocycles. The molecule has 0 bridgehead atoms. The molecule has 1 fully saturated rings. The van der Waals surface area contributed by atoms with Crippen LogP contribution in [0.4, 0.5) is 0 Å². The average Bonchev–Trinajstić information content (AvgIpc) is 2.92. The Kier molecular flexibility index (Phi) is 4.42. The number of hydrogen-bond acceptors (Lipinski definition) is 2. The Bertz CT molecular complexity index is 486. The van der Waals surface area contributed by atoms with E-state index in [1.807, 2.05) is 37.3 Å². The molecule has 2 rings (SSSR count). The van der Waals surface area contributed by atoms with Crippen molar-refractivity contribution >= 4 is 11.9 Å². The van der Waals surface area contributed by atoms with Gasteiger partial charge in [-0.25, -0.2) is 0 Å². The summed E-state index contributed by atoms with van der Waals surface area (Å²) in [5.74, 6) is -0.719. The van der Waals surface area contributed by atoms with Gasteiger partial charge in [-0.2, -0.15) is 0 Å². The van der Waals surface area contributed by atoms with Crippen molar-refractivity contribution in [3.8, 4) is 0 Å². The Balaban J connectivity index is 1.90. The third-order valence-corrected chi connectivity index (χ3v) is 4.31. The molecule has 1 aliphatic heterocycles. The van der Waals surface area contributed by atoms with E-state index < -0.39 is 11.4 Å². The maximum absolute atomic E-state index is 12.2. The number of carbonyl (C=O) groups is 2. The monoisotopic (exact) mass is 275 g/mol. The van der Waals surface area contributed by atoms with Gasteiger partial charge in [0, 0.05) is 19.5 Å². The van der Waals surface area contributed by atoms with Crippen LogP contribution in [-0.4, -0.2) is 35.0 Å². The van der Waals surface area contributed by atoms with E-state index >= 15 is 0 Å².